The smallest absolute Gasteiger partial charge is 0.224 e. The maximum absolute atomic E-state index is 11.8. The zero-order valence-corrected chi connectivity index (χ0v) is 12.1. The fourth-order valence-electron chi connectivity index (χ4n) is 2.36. The van der Waals surface area contributed by atoms with Gasteiger partial charge in [-0.3, -0.25) is 4.79 Å². The molecule has 5 nitrogen and oxygen atoms in total. The molecule has 0 radical (unpaired) electrons. The van der Waals surface area contributed by atoms with Crippen LogP contribution < -0.4 is 11.1 Å². The van der Waals surface area contributed by atoms with E-state index < -0.39 is 0 Å². The van der Waals surface area contributed by atoms with Gasteiger partial charge in [0.1, 0.15) is 5.52 Å². The molecule has 3 rings (SSSR count). The molecular formula is C16H21N3O2. The number of anilines is 1. The first-order chi connectivity index (χ1) is 10.3. The highest BCUT2D eigenvalue weighted by molar-refractivity contribution is 5.92. The van der Waals surface area contributed by atoms with Crippen LogP contribution in [0.2, 0.25) is 0 Å². The second-order valence-electron chi connectivity index (χ2n) is 5.66. The molecule has 1 saturated carbocycles. The number of rotatable bonds is 7. The van der Waals surface area contributed by atoms with E-state index in [1.165, 1.54) is 12.8 Å². The minimum atomic E-state index is 0.0392. The van der Waals surface area contributed by atoms with E-state index in [1.54, 1.807) is 0 Å². The van der Waals surface area contributed by atoms with E-state index in [1.807, 2.05) is 18.2 Å². The highest BCUT2D eigenvalue weighted by Crippen LogP contribution is 2.40. The summed E-state index contributed by atoms with van der Waals surface area (Å²) < 4.78 is 5.71. The van der Waals surface area contributed by atoms with Crippen molar-refractivity contribution < 1.29 is 9.21 Å². The third-order valence-electron chi connectivity index (χ3n) is 3.72. The Morgan fingerprint density at radius 3 is 2.95 bits per heavy atom. The molecule has 0 saturated heterocycles. The molecule has 21 heavy (non-hydrogen) atoms. The van der Waals surface area contributed by atoms with Gasteiger partial charge < -0.3 is 15.5 Å². The lowest BCUT2D eigenvalue weighted by molar-refractivity contribution is -0.116. The van der Waals surface area contributed by atoms with Gasteiger partial charge in [0.15, 0.2) is 11.5 Å². The number of nitrogens with two attached hydrogens (primary N) is 1. The molecule has 2 aromatic rings. The molecule has 1 amide bonds. The van der Waals surface area contributed by atoms with E-state index in [0.29, 0.717) is 18.9 Å². The van der Waals surface area contributed by atoms with Gasteiger partial charge in [-0.25, -0.2) is 4.98 Å². The van der Waals surface area contributed by atoms with Gasteiger partial charge in [0.2, 0.25) is 5.91 Å². The van der Waals surface area contributed by atoms with Crippen LogP contribution in [0, 0.1) is 0 Å². The number of unbranched alkanes of at least 4 members (excludes halogenated alkanes) is 2. The number of carbonyl (C=O) groups is 1. The van der Waals surface area contributed by atoms with Crippen LogP contribution >= 0.6 is 0 Å². The molecule has 1 fully saturated rings. The number of oxazole rings is 1. The number of hydrogen-bond donors (Lipinski definition) is 2. The fourth-order valence-corrected chi connectivity index (χ4v) is 2.36. The van der Waals surface area contributed by atoms with Gasteiger partial charge in [0.05, 0.1) is 0 Å². The van der Waals surface area contributed by atoms with E-state index in [4.69, 9.17) is 10.2 Å². The first kappa shape index (κ1) is 14.1. The van der Waals surface area contributed by atoms with Crippen molar-refractivity contribution in [2.45, 2.75) is 44.4 Å². The largest absolute Gasteiger partial charge is 0.440 e. The number of nitrogens with one attached hydrogen (secondary N) is 1. The Morgan fingerprint density at radius 1 is 1.33 bits per heavy atom. The number of fused-ring (bicyclic) bond motifs is 1. The Balaban J connectivity index is 1.59. The number of benzene rings is 1. The van der Waals surface area contributed by atoms with Gasteiger partial charge in [-0.1, -0.05) is 6.42 Å². The van der Waals surface area contributed by atoms with Crippen molar-refractivity contribution in [3.63, 3.8) is 0 Å². The van der Waals surface area contributed by atoms with E-state index in [0.717, 1.165) is 41.9 Å². The van der Waals surface area contributed by atoms with E-state index in [2.05, 4.69) is 10.3 Å². The zero-order valence-electron chi connectivity index (χ0n) is 12.1. The number of carbonyl (C=O) groups excluding carboxylic acids is 1. The SMILES string of the molecule is NCCCCCC(=O)Nc1ccc2oc(C3CC3)nc2c1. The minimum Gasteiger partial charge on any atom is -0.440 e. The van der Waals surface area contributed by atoms with Crippen molar-refractivity contribution in [2.24, 2.45) is 5.73 Å². The predicted octanol–water partition coefficient (Wildman–Crippen LogP) is 3.16. The van der Waals surface area contributed by atoms with Crippen LogP contribution in [0.1, 0.15) is 50.3 Å². The molecule has 1 heterocycles. The lowest BCUT2D eigenvalue weighted by Gasteiger charge is -2.04. The van der Waals surface area contributed by atoms with Crippen molar-refractivity contribution >= 4 is 22.7 Å². The number of hydrogen-bond acceptors (Lipinski definition) is 4. The highest BCUT2D eigenvalue weighted by Gasteiger charge is 2.28. The summed E-state index contributed by atoms with van der Waals surface area (Å²) >= 11 is 0. The quantitative estimate of drug-likeness (QED) is 0.766. The molecule has 112 valence electrons. The van der Waals surface area contributed by atoms with Crippen LogP contribution in [0.15, 0.2) is 22.6 Å². The third kappa shape index (κ3) is 3.61. The Morgan fingerprint density at radius 2 is 2.19 bits per heavy atom. The van der Waals surface area contributed by atoms with Crippen molar-refractivity contribution in [3.8, 4) is 0 Å². The van der Waals surface area contributed by atoms with Gasteiger partial charge >= 0.3 is 0 Å². The van der Waals surface area contributed by atoms with Crippen molar-refractivity contribution in [1.82, 2.24) is 4.98 Å². The van der Waals surface area contributed by atoms with E-state index in [-0.39, 0.29) is 5.91 Å². The van der Waals surface area contributed by atoms with Gasteiger partial charge in [0, 0.05) is 18.0 Å². The van der Waals surface area contributed by atoms with Crippen molar-refractivity contribution in [3.05, 3.63) is 24.1 Å². The van der Waals surface area contributed by atoms with Crippen LogP contribution in [0.4, 0.5) is 5.69 Å². The molecule has 0 aliphatic heterocycles. The summed E-state index contributed by atoms with van der Waals surface area (Å²) in [6, 6.07) is 5.61. The first-order valence-electron chi connectivity index (χ1n) is 7.66. The summed E-state index contributed by atoms with van der Waals surface area (Å²) in [6.45, 7) is 0.688. The average Bonchev–Trinajstić information content (AvgIpc) is 3.24. The number of amides is 1. The summed E-state index contributed by atoms with van der Waals surface area (Å²) in [4.78, 5) is 16.3. The summed E-state index contributed by atoms with van der Waals surface area (Å²) in [6.07, 6.45) is 5.71. The summed E-state index contributed by atoms with van der Waals surface area (Å²) in [5.41, 5.74) is 7.82. The molecule has 0 atom stereocenters. The standard InChI is InChI=1S/C16H21N3O2/c17-9-3-1-2-4-15(20)18-12-7-8-14-13(10-12)19-16(21-14)11-5-6-11/h7-8,10-11H,1-6,9,17H2,(H,18,20). The first-order valence-corrected chi connectivity index (χ1v) is 7.66. The summed E-state index contributed by atoms with van der Waals surface area (Å²) in [7, 11) is 0. The molecule has 0 spiro atoms. The van der Waals surface area contributed by atoms with Gasteiger partial charge in [-0.2, -0.15) is 0 Å². The maximum Gasteiger partial charge on any atom is 0.224 e. The van der Waals surface area contributed by atoms with Gasteiger partial charge in [0.25, 0.3) is 0 Å². The minimum absolute atomic E-state index is 0.0392. The molecule has 1 aromatic carbocycles. The zero-order chi connectivity index (χ0) is 14.7. The fraction of sp³-hybridized carbons (Fsp3) is 0.500. The van der Waals surface area contributed by atoms with Crippen molar-refractivity contribution in [1.29, 1.82) is 0 Å². The van der Waals surface area contributed by atoms with Crippen LogP contribution in [0.25, 0.3) is 11.1 Å². The van der Waals surface area contributed by atoms with Gasteiger partial charge in [-0.15, -0.1) is 0 Å². The second kappa shape index (κ2) is 6.26. The molecule has 1 aliphatic rings. The lowest BCUT2D eigenvalue weighted by atomic mass is 10.2. The number of aromatic nitrogens is 1. The molecule has 0 unspecified atom stereocenters. The normalized spacial score (nSPS) is 14.5. The Kier molecular flexibility index (Phi) is 4.20. The van der Waals surface area contributed by atoms with Crippen LogP contribution in [0.3, 0.4) is 0 Å². The van der Waals surface area contributed by atoms with E-state index >= 15 is 0 Å². The Bertz CT molecular complexity index is 631. The molecular weight excluding hydrogens is 266 g/mol. The number of nitrogens with zero attached hydrogens (tertiary/aromatic N) is 1. The highest BCUT2D eigenvalue weighted by atomic mass is 16.3. The monoisotopic (exact) mass is 287 g/mol. The average molecular weight is 287 g/mol. The topological polar surface area (TPSA) is 81.2 Å². The van der Waals surface area contributed by atoms with Gasteiger partial charge in [-0.05, 0) is 50.4 Å². The van der Waals surface area contributed by atoms with E-state index in [9.17, 15) is 4.79 Å². The van der Waals surface area contributed by atoms with Crippen LogP contribution in [-0.2, 0) is 4.79 Å². The van der Waals surface area contributed by atoms with Crippen molar-refractivity contribution in [2.75, 3.05) is 11.9 Å². The summed E-state index contributed by atoms with van der Waals surface area (Å²) in [5, 5.41) is 2.91. The lowest BCUT2D eigenvalue weighted by Crippen LogP contribution is -2.11. The van der Waals surface area contributed by atoms with Crippen LogP contribution in [-0.4, -0.2) is 17.4 Å². The Hall–Kier alpha value is -1.88. The van der Waals surface area contributed by atoms with Crippen LogP contribution in [0.5, 0.6) is 0 Å². The molecule has 0 bridgehead atoms. The Labute approximate surface area is 123 Å². The predicted molar refractivity (Wildman–Crippen MR) is 82.1 cm³/mol. The maximum atomic E-state index is 11.8. The third-order valence-corrected chi connectivity index (χ3v) is 3.72. The molecule has 3 N–H and O–H groups in total. The molecule has 1 aliphatic carbocycles. The molecule has 1 aromatic heterocycles. The second-order valence-corrected chi connectivity index (χ2v) is 5.66. The molecule has 5 heteroatoms. The summed E-state index contributed by atoms with van der Waals surface area (Å²) in [5.74, 6) is 1.37.